The quantitative estimate of drug-likeness (QED) is 0.887. The maximum Gasteiger partial charge on any atom is 0.215 e. The molecule has 0 aliphatic heterocycles. The fraction of sp³-hybridized carbons (Fsp3) is 0.450. The topological polar surface area (TPSA) is 59.1 Å². The number of aromatic nitrogens is 1. The van der Waals surface area contributed by atoms with Crippen LogP contribution in [0.4, 0.5) is 0 Å². The first-order valence-corrected chi connectivity index (χ1v) is 10.2. The number of aryl methyl sites for hydroxylation is 1. The lowest BCUT2D eigenvalue weighted by atomic mass is 9.88. The number of benzene rings is 1. The predicted octanol–water partition coefficient (Wildman–Crippen LogP) is 3.66. The molecular weight excluding hydrogens is 332 g/mol. The van der Waals surface area contributed by atoms with Crippen LogP contribution in [-0.2, 0) is 22.0 Å². The van der Waals surface area contributed by atoms with Gasteiger partial charge in [0.15, 0.2) is 0 Å². The Labute approximate surface area is 150 Å². The number of nitrogens with one attached hydrogen (secondary N) is 1. The van der Waals surface area contributed by atoms with Crippen molar-refractivity contribution in [2.24, 2.45) is 0 Å². The van der Waals surface area contributed by atoms with Crippen LogP contribution in [0.2, 0.25) is 0 Å². The second-order valence-electron chi connectivity index (χ2n) is 7.99. The maximum atomic E-state index is 12.6. The van der Waals surface area contributed by atoms with Gasteiger partial charge >= 0.3 is 0 Å². The van der Waals surface area contributed by atoms with Gasteiger partial charge in [-0.1, -0.05) is 56.7 Å². The Morgan fingerprint density at radius 1 is 1.16 bits per heavy atom. The van der Waals surface area contributed by atoms with E-state index in [2.05, 4.69) is 30.5 Å². The maximum absolute atomic E-state index is 12.6. The van der Waals surface area contributed by atoms with Crippen molar-refractivity contribution in [3.05, 3.63) is 65.0 Å². The molecule has 1 N–H and O–H groups in total. The Bertz CT molecular complexity index is 852. The number of rotatable bonds is 5. The molecule has 1 fully saturated rings. The second-order valence-corrected chi connectivity index (χ2v) is 9.97. The molecule has 0 amide bonds. The van der Waals surface area contributed by atoms with Gasteiger partial charge in [-0.3, -0.25) is 4.98 Å². The van der Waals surface area contributed by atoms with Gasteiger partial charge in [-0.15, -0.1) is 0 Å². The van der Waals surface area contributed by atoms with E-state index in [4.69, 9.17) is 0 Å². The summed E-state index contributed by atoms with van der Waals surface area (Å²) in [6.45, 7) is 8.68. The minimum absolute atomic E-state index is 0.00505. The van der Waals surface area contributed by atoms with Gasteiger partial charge in [0.2, 0.25) is 10.0 Å². The summed E-state index contributed by atoms with van der Waals surface area (Å²) in [5.41, 5.74) is 4.29. The van der Waals surface area contributed by atoms with Gasteiger partial charge in [-0.05, 0) is 35.4 Å². The smallest absolute Gasteiger partial charge is 0.215 e. The second kappa shape index (κ2) is 6.54. The summed E-state index contributed by atoms with van der Waals surface area (Å²) in [5, 5.41) is -0.325. The summed E-state index contributed by atoms with van der Waals surface area (Å²) in [5.74, 6) is 0.108. The van der Waals surface area contributed by atoms with Gasteiger partial charge in [0.25, 0.3) is 0 Å². The van der Waals surface area contributed by atoms with Crippen molar-refractivity contribution in [3.8, 4) is 0 Å². The lowest BCUT2D eigenvalue weighted by molar-refractivity contribution is 0.577. The third-order valence-electron chi connectivity index (χ3n) is 4.77. The van der Waals surface area contributed by atoms with Crippen LogP contribution in [-0.4, -0.2) is 18.7 Å². The summed E-state index contributed by atoms with van der Waals surface area (Å²) in [4.78, 5) is 4.25. The normalized spacial score (nSPS) is 20.5. The average Bonchev–Trinajstić information content (AvgIpc) is 3.35. The molecule has 0 spiro atoms. The highest BCUT2D eigenvalue weighted by Crippen LogP contribution is 2.45. The van der Waals surface area contributed by atoms with Crippen LogP contribution in [0.5, 0.6) is 0 Å². The zero-order valence-electron chi connectivity index (χ0n) is 15.3. The first-order chi connectivity index (χ1) is 11.7. The zero-order chi connectivity index (χ0) is 18.2. The van der Waals surface area contributed by atoms with Gasteiger partial charge in [0.05, 0.1) is 5.25 Å². The Kier molecular flexibility index (Phi) is 4.73. The molecule has 2 atom stereocenters. The molecule has 1 aliphatic carbocycles. The van der Waals surface area contributed by atoms with E-state index in [1.807, 2.05) is 43.5 Å². The predicted molar refractivity (Wildman–Crippen MR) is 101 cm³/mol. The van der Waals surface area contributed by atoms with E-state index in [0.717, 1.165) is 16.7 Å². The third-order valence-corrected chi connectivity index (χ3v) is 6.64. The van der Waals surface area contributed by atoms with Crippen molar-refractivity contribution in [2.45, 2.75) is 57.2 Å². The van der Waals surface area contributed by atoms with Crippen LogP contribution < -0.4 is 4.72 Å². The highest BCUT2D eigenvalue weighted by Gasteiger charge is 2.47. The van der Waals surface area contributed by atoms with E-state index in [-0.39, 0.29) is 23.1 Å². The first-order valence-electron chi connectivity index (χ1n) is 8.66. The molecule has 5 heteroatoms. The van der Waals surface area contributed by atoms with E-state index < -0.39 is 10.0 Å². The molecular formula is C20H26N2O2S. The molecule has 4 nitrogen and oxygen atoms in total. The van der Waals surface area contributed by atoms with E-state index in [0.29, 0.717) is 6.42 Å². The largest absolute Gasteiger partial charge is 0.264 e. The fourth-order valence-corrected chi connectivity index (χ4v) is 4.60. The molecule has 134 valence electrons. The number of nitrogens with zero attached hydrogens (tertiary/aromatic N) is 1. The molecule has 3 rings (SSSR count). The number of sulfonamides is 1. The highest BCUT2D eigenvalue weighted by atomic mass is 32.2. The Balaban J connectivity index is 1.64. The molecule has 2 aromatic rings. The van der Waals surface area contributed by atoms with E-state index >= 15 is 0 Å². The Morgan fingerprint density at radius 3 is 2.48 bits per heavy atom. The van der Waals surface area contributed by atoms with Crippen LogP contribution in [0.15, 0.2) is 42.7 Å². The minimum atomic E-state index is -3.32. The van der Waals surface area contributed by atoms with Gasteiger partial charge in [-0.25, -0.2) is 13.1 Å². The fourth-order valence-electron chi connectivity index (χ4n) is 2.96. The lowest BCUT2D eigenvalue weighted by Gasteiger charge is -2.19. The minimum Gasteiger partial charge on any atom is -0.264 e. The number of hydrogen-bond acceptors (Lipinski definition) is 3. The average molecular weight is 359 g/mol. The Morgan fingerprint density at radius 2 is 1.84 bits per heavy atom. The van der Waals surface area contributed by atoms with Crippen molar-refractivity contribution < 1.29 is 8.42 Å². The SMILES string of the molecule is Cc1ccc(C2CC2S(=O)(=O)NCc2cncc(C(C)(C)C)c2)cc1. The van der Waals surface area contributed by atoms with E-state index in [1.165, 1.54) is 5.56 Å². The summed E-state index contributed by atoms with van der Waals surface area (Å²) >= 11 is 0. The van der Waals surface area contributed by atoms with Crippen molar-refractivity contribution >= 4 is 10.0 Å². The van der Waals surface area contributed by atoms with Crippen LogP contribution >= 0.6 is 0 Å². The monoisotopic (exact) mass is 358 g/mol. The zero-order valence-corrected chi connectivity index (χ0v) is 16.1. The van der Waals surface area contributed by atoms with Gasteiger partial charge in [0.1, 0.15) is 0 Å². The van der Waals surface area contributed by atoms with Crippen molar-refractivity contribution in [2.75, 3.05) is 0 Å². The molecule has 0 bridgehead atoms. The molecule has 1 aromatic heterocycles. The first kappa shape index (κ1) is 18.1. The Hall–Kier alpha value is -1.72. The van der Waals surface area contributed by atoms with Crippen molar-refractivity contribution in [1.29, 1.82) is 0 Å². The summed E-state index contributed by atoms with van der Waals surface area (Å²) < 4.78 is 27.9. The van der Waals surface area contributed by atoms with Gasteiger partial charge in [-0.2, -0.15) is 0 Å². The summed E-state index contributed by atoms with van der Waals surface area (Å²) in [6.07, 6.45) is 4.26. The van der Waals surface area contributed by atoms with Crippen molar-refractivity contribution in [3.63, 3.8) is 0 Å². The standard InChI is InChI=1S/C20H26N2O2S/c1-14-5-7-16(8-6-14)18-10-19(18)25(23,24)22-12-15-9-17(13-21-11-15)20(2,3)4/h5-9,11,13,18-19,22H,10,12H2,1-4H3. The van der Waals surface area contributed by atoms with E-state index in [1.54, 1.807) is 6.20 Å². The summed E-state index contributed by atoms with van der Waals surface area (Å²) in [7, 11) is -3.32. The van der Waals surface area contributed by atoms with E-state index in [9.17, 15) is 8.42 Å². The lowest BCUT2D eigenvalue weighted by Crippen LogP contribution is -2.27. The third kappa shape index (κ3) is 4.28. The van der Waals surface area contributed by atoms with Crippen LogP contribution in [0.25, 0.3) is 0 Å². The number of hydrogen-bond donors (Lipinski definition) is 1. The molecule has 25 heavy (non-hydrogen) atoms. The van der Waals surface area contributed by atoms with Crippen molar-refractivity contribution in [1.82, 2.24) is 9.71 Å². The molecule has 1 heterocycles. The van der Waals surface area contributed by atoms with Crippen LogP contribution in [0.1, 0.15) is 55.4 Å². The highest BCUT2D eigenvalue weighted by molar-refractivity contribution is 7.90. The number of pyridine rings is 1. The molecule has 2 unspecified atom stereocenters. The molecule has 1 aromatic carbocycles. The summed E-state index contributed by atoms with van der Waals surface area (Å²) in [6, 6.07) is 10.2. The molecule has 0 saturated heterocycles. The van der Waals surface area contributed by atoms with Gasteiger partial charge < -0.3 is 0 Å². The molecule has 1 aliphatic rings. The van der Waals surface area contributed by atoms with Gasteiger partial charge in [0, 0.05) is 24.9 Å². The van der Waals surface area contributed by atoms with Crippen LogP contribution in [0.3, 0.4) is 0 Å². The molecule has 1 saturated carbocycles. The molecule has 0 radical (unpaired) electrons. The van der Waals surface area contributed by atoms with Crippen LogP contribution in [0, 0.1) is 6.92 Å².